The highest BCUT2D eigenvalue weighted by molar-refractivity contribution is 6.03. The van der Waals surface area contributed by atoms with E-state index in [1.807, 2.05) is 12.1 Å². The van der Waals surface area contributed by atoms with Crippen LogP contribution in [0.1, 0.15) is 39.1 Å². The summed E-state index contributed by atoms with van der Waals surface area (Å²) in [6.07, 6.45) is 2.83. The van der Waals surface area contributed by atoms with E-state index >= 15 is 0 Å². The fourth-order valence-electron chi connectivity index (χ4n) is 2.72. The summed E-state index contributed by atoms with van der Waals surface area (Å²) in [7, 11) is 0. The molecule has 1 heterocycles. The Morgan fingerprint density at radius 1 is 1.00 bits per heavy atom. The Morgan fingerprint density at radius 3 is 2.48 bits per heavy atom. The van der Waals surface area contributed by atoms with Crippen LogP contribution in [0.2, 0.25) is 0 Å². The lowest BCUT2D eigenvalue weighted by atomic mass is 10.0. The minimum atomic E-state index is -0.637. The standard InChI is InChI=1S/C19H18O4/c20-18(14-7-2-1-3-8-14)23-19(21)17-11-5-4-9-15(17)13-16-10-6-12-22-16/h1-5,7-9,11,16H,6,10,12-13H2. The zero-order valence-electron chi connectivity index (χ0n) is 12.7. The fourth-order valence-corrected chi connectivity index (χ4v) is 2.72. The molecule has 118 valence electrons. The van der Waals surface area contributed by atoms with Gasteiger partial charge in [-0.15, -0.1) is 0 Å². The van der Waals surface area contributed by atoms with Crippen LogP contribution in [0.5, 0.6) is 0 Å². The number of rotatable bonds is 4. The molecule has 1 aliphatic rings. The van der Waals surface area contributed by atoms with Crippen molar-refractivity contribution in [3.8, 4) is 0 Å². The van der Waals surface area contributed by atoms with Gasteiger partial charge >= 0.3 is 11.9 Å². The summed E-state index contributed by atoms with van der Waals surface area (Å²) in [6.45, 7) is 0.768. The van der Waals surface area contributed by atoms with Gasteiger partial charge in [-0.05, 0) is 43.0 Å². The molecule has 0 bridgehead atoms. The van der Waals surface area contributed by atoms with Crippen molar-refractivity contribution in [1.82, 2.24) is 0 Å². The van der Waals surface area contributed by atoms with Crippen molar-refractivity contribution in [3.63, 3.8) is 0 Å². The average molecular weight is 310 g/mol. The molecule has 0 aromatic heterocycles. The maximum atomic E-state index is 12.3. The van der Waals surface area contributed by atoms with Gasteiger partial charge in [-0.3, -0.25) is 0 Å². The molecule has 1 atom stereocenters. The fraction of sp³-hybridized carbons (Fsp3) is 0.263. The molecule has 23 heavy (non-hydrogen) atoms. The van der Waals surface area contributed by atoms with E-state index in [1.54, 1.807) is 42.5 Å². The Morgan fingerprint density at radius 2 is 1.74 bits per heavy atom. The van der Waals surface area contributed by atoms with Crippen LogP contribution in [0.25, 0.3) is 0 Å². The Kier molecular flexibility index (Phi) is 4.83. The summed E-state index contributed by atoms with van der Waals surface area (Å²) in [5.74, 6) is -1.25. The first-order chi connectivity index (χ1) is 11.2. The number of carbonyl (C=O) groups is 2. The Bertz CT molecular complexity index is 688. The maximum absolute atomic E-state index is 12.3. The summed E-state index contributed by atoms with van der Waals surface area (Å²) >= 11 is 0. The topological polar surface area (TPSA) is 52.6 Å². The lowest BCUT2D eigenvalue weighted by Gasteiger charge is -2.12. The van der Waals surface area contributed by atoms with E-state index in [0.29, 0.717) is 17.5 Å². The molecule has 3 rings (SSSR count). The minimum absolute atomic E-state index is 0.133. The van der Waals surface area contributed by atoms with E-state index in [-0.39, 0.29) is 6.10 Å². The van der Waals surface area contributed by atoms with E-state index in [9.17, 15) is 9.59 Å². The lowest BCUT2D eigenvalue weighted by Crippen LogP contribution is -2.17. The Labute approximate surface area is 135 Å². The lowest BCUT2D eigenvalue weighted by molar-refractivity contribution is 0.0396. The predicted octanol–water partition coefficient (Wildman–Crippen LogP) is 3.41. The number of carbonyl (C=O) groups excluding carboxylic acids is 2. The molecule has 2 aromatic carbocycles. The third kappa shape index (κ3) is 3.85. The smallest absolute Gasteiger partial charge is 0.346 e. The van der Waals surface area contributed by atoms with Gasteiger partial charge in [0.15, 0.2) is 0 Å². The molecule has 0 aliphatic carbocycles. The molecule has 0 radical (unpaired) electrons. The SMILES string of the molecule is O=C(OC(=O)c1ccccc1CC1CCCO1)c1ccccc1. The van der Waals surface area contributed by atoms with Gasteiger partial charge in [0, 0.05) is 6.61 Å². The summed E-state index contributed by atoms with van der Waals surface area (Å²) in [6, 6.07) is 15.7. The number of ether oxygens (including phenoxy) is 2. The molecule has 4 heteroatoms. The van der Waals surface area contributed by atoms with E-state index < -0.39 is 11.9 Å². The summed E-state index contributed by atoms with van der Waals surface area (Å²) in [4.78, 5) is 24.4. The number of esters is 2. The second-order valence-electron chi connectivity index (χ2n) is 5.54. The molecular weight excluding hydrogens is 292 g/mol. The zero-order valence-corrected chi connectivity index (χ0v) is 12.7. The van der Waals surface area contributed by atoms with Gasteiger partial charge < -0.3 is 9.47 Å². The molecule has 1 fully saturated rings. The third-order valence-corrected chi connectivity index (χ3v) is 3.90. The predicted molar refractivity (Wildman–Crippen MR) is 85.3 cm³/mol. The van der Waals surface area contributed by atoms with Gasteiger partial charge in [-0.1, -0.05) is 36.4 Å². The van der Waals surface area contributed by atoms with Gasteiger partial charge in [-0.25, -0.2) is 9.59 Å². The van der Waals surface area contributed by atoms with Crippen LogP contribution in [-0.4, -0.2) is 24.6 Å². The second kappa shape index (κ2) is 7.20. The molecule has 4 nitrogen and oxygen atoms in total. The van der Waals surface area contributed by atoms with Gasteiger partial charge in [0.05, 0.1) is 17.2 Å². The van der Waals surface area contributed by atoms with Crippen LogP contribution in [0.15, 0.2) is 54.6 Å². The van der Waals surface area contributed by atoms with Crippen molar-refractivity contribution in [2.45, 2.75) is 25.4 Å². The summed E-state index contributed by atoms with van der Waals surface area (Å²) in [5.41, 5.74) is 1.63. The highest BCUT2D eigenvalue weighted by Gasteiger charge is 2.21. The largest absolute Gasteiger partial charge is 0.386 e. The van der Waals surface area contributed by atoms with Crippen molar-refractivity contribution in [1.29, 1.82) is 0 Å². The average Bonchev–Trinajstić information content (AvgIpc) is 3.09. The maximum Gasteiger partial charge on any atom is 0.346 e. The molecule has 1 saturated heterocycles. The minimum Gasteiger partial charge on any atom is -0.386 e. The molecule has 0 saturated carbocycles. The molecule has 0 N–H and O–H groups in total. The zero-order chi connectivity index (χ0) is 16.1. The Balaban J connectivity index is 1.73. The second-order valence-corrected chi connectivity index (χ2v) is 5.54. The Hall–Kier alpha value is -2.46. The van der Waals surface area contributed by atoms with Crippen molar-refractivity contribution < 1.29 is 19.1 Å². The van der Waals surface area contributed by atoms with Gasteiger partial charge in [0.2, 0.25) is 0 Å². The number of benzene rings is 2. The van der Waals surface area contributed by atoms with Gasteiger partial charge in [-0.2, -0.15) is 0 Å². The quantitative estimate of drug-likeness (QED) is 0.641. The monoisotopic (exact) mass is 310 g/mol. The first-order valence-corrected chi connectivity index (χ1v) is 7.75. The van der Waals surface area contributed by atoms with E-state index in [0.717, 1.165) is 25.0 Å². The van der Waals surface area contributed by atoms with E-state index in [4.69, 9.17) is 9.47 Å². The van der Waals surface area contributed by atoms with E-state index in [1.165, 1.54) is 0 Å². The molecule has 1 unspecified atom stereocenters. The van der Waals surface area contributed by atoms with Gasteiger partial charge in [0.25, 0.3) is 0 Å². The van der Waals surface area contributed by atoms with Crippen molar-refractivity contribution in [2.75, 3.05) is 6.61 Å². The number of hydrogen-bond donors (Lipinski definition) is 0. The molecule has 0 amide bonds. The van der Waals surface area contributed by atoms with Crippen molar-refractivity contribution in [2.24, 2.45) is 0 Å². The number of hydrogen-bond acceptors (Lipinski definition) is 4. The van der Waals surface area contributed by atoms with Crippen molar-refractivity contribution >= 4 is 11.9 Å². The molecular formula is C19H18O4. The third-order valence-electron chi connectivity index (χ3n) is 3.90. The van der Waals surface area contributed by atoms with Crippen LogP contribution in [0.3, 0.4) is 0 Å². The first kappa shape index (κ1) is 15.4. The summed E-state index contributed by atoms with van der Waals surface area (Å²) < 4.78 is 10.6. The van der Waals surface area contributed by atoms with Gasteiger partial charge in [0.1, 0.15) is 0 Å². The van der Waals surface area contributed by atoms with Crippen LogP contribution in [0.4, 0.5) is 0 Å². The van der Waals surface area contributed by atoms with Crippen LogP contribution >= 0.6 is 0 Å². The van der Waals surface area contributed by atoms with Crippen molar-refractivity contribution in [3.05, 3.63) is 71.3 Å². The van der Waals surface area contributed by atoms with Crippen LogP contribution in [-0.2, 0) is 15.9 Å². The van der Waals surface area contributed by atoms with Crippen LogP contribution in [0, 0.1) is 0 Å². The molecule has 0 spiro atoms. The summed E-state index contributed by atoms with van der Waals surface area (Å²) in [5, 5.41) is 0. The van der Waals surface area contributed by atoms with Crippen LogP contribution < -0.4 is 0 Å². The van der Waals surface area contributed by atoms with E-state index in [2.05, 4.69) is 0 Å². The molecule has 1 aliphatic heterocycles. The normalized spacial score (nSPS) is 17.0. The molecule has 2 aromatic rings. The highest BCUT2D eigenvalue weighted by Crippen LogP contribution is 2.20. The first-order valence-electron chi connectivity index (χ1n) is 7.75. The highest BCUT2D eigenvalue weighted by atomic mass is 16.6.